The summed E-state index contributed by atoms with van der Waals surface area (Å²) in [6.45, 7) is 0. The minimum atomic E-state index is -3.34. The first-order valence-electron chi connectivity index (χ1n) is 6.58. The molecule has 0 aliphatic rings. The van der Waals surface area contributed by atoms with Crippen LogP contribution in [0.25, 0.3) is 20.8 Å². The summed E-state index contributed by atoms with van der Waals surface area (Å²) in [6.07, 6.45) is 1.09. The van der Waals surface area contributed by atoms with Crippen LogP contribution < -0.4 is 9.46 Å². The van der Waals surface area contributed by atoms with Gasteiger partial charge in [0.25, 0.3) is 0 Å². The highest BCUT2D eigenvalue weighted by Crippen LogP contribution is 2.36. The minimum Gasteiger partial charge on any atom is -0.497 e. The molecule has 23 heavy (non-hydrogen) atoms. The molecule has 5 nitrogen and oxygen atoms in total. The van der Waals surface area contributed by atoms with Gasteiger partial charge in [-0.1, -0.05) is 11.6 Å². The number of nitrogens with zero attached hydrogens (tertiary/aromatic N) is 1. The van der Waals surface area contributed by atoms with E-state index in [1.54, 1.807) is 25.3 Å². The van der Waals surface area contributed by atoms with E-state index in [9.17, 15) is 8.42 Å². The number of rotatable bonds is 4. The van der Waals surface area contributed by atoms with Crippen molar-refractivity contribution in [1.82, 2.24) is 4.98 Å². The van der Waals surface area contributed by atoms with Crippen molar-refractivity contribution in [1.29, 1.82) is 0 Å². The van der Waals surface area contributed by atoms with Crippen LogP contribution in [0.15, 0.2) is 36.4 Å². The second kappa shape index (κ2) is 5.99. The van der Waals surface area contributed by atoms with Gasteiger partial charge in [0.1, 0.15) is 10.8 Å². The number of ether oxygens (including phenoxy) is 1. The SMILES string of the molecule is COc1ccc2nc(-c3ccc(NS(C)(=O)=O)cc3Cl)sc2c1. The van der Waals surface area contributed by atoms with E-state index in [1.165, 1.54) is 11.3 Å². The van der Waals surface area contributed by atoms with Gasteiger partial charge in [0.2, 0.25) is 10.0 Å². The van der Waals surface area contributed by atoms with Crippen molar-refractivity contribution in [3.05, 3.63) is 41.4 Å². The fourth-order valence-electron chi connectivity index (χ4n) is 2.11. The smallest absolute Gasteiger partial charge is 0.229 e. The number of aromatic nitrogens is 1. The molecule has 0 bridgehead atoms. The molecule has 120 valence electrons. The quantitative estimate of drug-likeness (QED) is 0.755. The molecule has 0 aliphatic heterocycles. The zero-order valence-electron chi connectivity index (χ0n) is 12.3. The summed E-state index contributed by atoms with van der Waals surface area (Å²) < 4.78 is 31.1. The summed E-state index contributed by atoms with van der Waals surface area (Å²) in [5, 5.41) is 1.20. The number of nitrogens with one attached hydrogen (secondary N) is 1. The summed E-state index contributed by atoms with van der Waals surface area (Å²) in [7, 11) is -1.72. The summed E-state index contributed by atoms with van der Waals surface area (Å²) in [4.78, 5) is 4.56. The van der Waals surface area contributed by atoms with Crippen LogP contribution in [0.1, 0.15) is 0 Å². The Morgan fingerprint density at radius 1 is 1.22 bits per heavy atom. The normalized spacial score (nSPS) is 11.6. The molecule has 0 aliphatic carbocycles. The molecule has 1 aromatic heterocycles. The third-order valence-corrected chi connectivity index (χ3v) is 5.07. The molecule has 1 N–H and O–H groups in total. The maximum absolute atomic E-state index is 11.3. The number of sulfonamides is 1. The van der Waals surface area contributed by atoms with E-state index in [2.05, 4.69) is 9.71 Å². The Hall–Kier alpha value is -1.83. The summed E-state index contributed by atoms with van der Waals surface area (Å²) >= 11 is 7.78. The Balaban J connectivity index is 2.01. The van der Waals surface area contributed by atoms with Crippen LogP contribution in [-0.4, -0.2) is 26.8 Å². The number of benzene rings is 2. The van der Waals surface area contributed by atoms with Gasteiger partial charge in [-0.25, -0.2) is 13.4 Å². The first kappa shape index (κ1) is 16.0. The van der Waals surface area contributed by atoms with E-state index >= 15 is 0 Å². The van der Waals surface area contributed by atoms with E-state index in [0.717, 1.165) is 32.8 Å². The van der Waals surface area contributed by atoms with Crippen LogP contribution in [0.2, 0.25) is 5.02 Å². The van der Waals surface area contributed by atoms with E-state index in [1.807, 2.05) is 18.2 Å². The molecular weight excluding hydrogens is 356 g/mol. The average molecular weight is 369 g/mol. The molecule has 2 aromatic carbocycles. The van der Waals surface area contributed by atoms with Crippen LogP contribution in [0, 0.1) is 0 Å². The Kier molecular flexibility index (Phi) is 4.18. The van der Waals surface area contributed by atoms with Gasteiger partial charge in [-0.05, 0) is 36.4 Å². The molecule has 0 saturated heterocycles. The Morgan fingerprint density at radius 3 is 2.65 bits per heavy atom. The largest absolute Gasteiger partial charge is 0.497 e. The van der Waals surface area contributed by atoms with Crippen LogP contribution in [0.4, 0.5) is 5.69 Å². The van der Waals surface area contributed by atoms with Crippen LogP contribution in [0.5, 0.6) is 5.75 Å². The van der Waals surface area contributed by atoms with Crippen molar-refractivity contribution >= 4 is 48.9 Å². The summed E-state index contributed by atoms with van der Waals surface area (Å²) in [6, 6.07) is 10.7. The van der Waals surface area contributed by atoms with Crippen LogP contribution in [0.3, 0.4) is 0 Å². The molecule has 0 saturated carbocycles. The van der Waals surface area contributed by atoms with E-state index in [0.29, 0.717) is 10.7 Å². The molecule has 0 spiro atoms. The van der Waals surface area contributed by atoms with Gasteiger partial charge in [-0.2, -0.15) is 0 Å². The second-order valence-corrected chi connectivity index (χ2v) is 8.11. The van der Waals surface area contributed by atoms with Gasteiger partial charge in [-0.3, -0.25) is 4.72 Å². The fraction of sp³-hybridized carbons (Fsp3) is 0.133. The highest BCUT2D eigenvalue weighted by molar-refractivity contribution is 7.92. The maximum Gasteiger partial charge on any atom is 0.229 e. The van der Waals surface area contributed by atoms with Gasteiger partial charge < -0.3 is 4.74 Å². The highest BCUT2D eigenvalue weighted by Gasteiger charge is 2.12. The molecule has 3 rings (SSSR count). The van der Waals surface area contributed by atoms with Crippen molar-refractivity contribution in [3.8, 4) is 16.3 Å². The summed E-state index contributed by atoms with van der Waals surface area (Å²) in [5.74, 6) is 0.770. The number of fused-ring (bicyclic) bond motifs is 1. The second-order valence-electron chi connectivity index (χ2n) is 4.92. The predicted molar refractivity (Wildman–Crippen MR) is 95.1 cm³/mol. The molecule has 1 heterocycles. The van der Waals surface area contributed by atoms with Crippen molar-refractivity contribution < 1.29 is 13.2 Å². The zero-order valence-corrected chi connectivity index (χ0v) is 14.7. The number of anilines is 1. The number of hydrogen-bond donors (Lipinski definition) is 1. The molecule has 0 unspecified atom stereocenters. The molecule has 3 aromatic rings. The molecule has 0 radical (unpaired) electrons. The third kappa shape index (κ3) is 3.57. The van der Waals surface area contributed by atoms with Gasteiger partial charge >= 0.3 is 0 Å². The standard InChI is InChI=1S/C15H13ClN2O3S2/c1-21-10-4-6-13-14(8-10)22-15(17-13)11-5-3-9(7-12(11)16)18-23(2,19)20/h3-8,18H,1-2H3. The maximum atomic E-state index is 11.3. The Bertz CT molecular complexity index is 984. The molecule has 0 fully saturated rings. The summed E-state index contributed by atoms with van der Waals surface area (Å²) in [5.41, 5.74) is 2.04. The third-order valence-electron chi connectivity index (χ3n) is 3.10. The van der Waals surface area contributed by atoms with E-state index in [4.69, 9.17) is 16.3 Å². The topological polar surface area (TPSA) is 68.3 Å². The highest BCUT2D eigenvalue weighted by atomic mass is 35.5. The zero-order chi connectivity index (χ0) is 16.6. The van der Waals surface area contributed by atoms with E-state index in [-0.39, 0.29) is 0 Å². The number of hydrogen-bond acceptors (Lipinski definition) is 5. The monoisotopic (exact) mass is 368 g/mol. The Morgan fingerprint density at radius 2 is 2.00 bits per heavy atom. The fourth-order valence-corrected chi connectivity index (χ4v) is 4.03. The molecule has 0 amide bonds. The van der Waals surface area contributed by atoms with Crippen LogP contribution in [-0.2, 0) is 10.0 Å². The lowest BCUT2D eigenvalue weighted by Crippen LogP contribution is -2.09. The van der Waals surface area contributed by atoms with Gasteiger partial charge in [0.05, 0.1) is 28.6 Å². The number of thiazole rings is 1. The lowest BCUT2D eigenvalue weighted by Gasteiger charge is -2.06. The van der Waals surface area contributed by atoms with Gasteiger partial charge in [-0.15, -0.1) is 11.3 Å². The van der Waals surface area contributed by atoms with Crippen LogP contribution >= 0.6 is 22.9 Å². The van der Waals surface area contributed by atoms with Gasteiger partial charge in [0, 0.05) is 11.3 Å². The minimum absolute atomic E-state index is 0.420. The molecular formula is C15H13ClN2O3S2. The van der Waals surface area contributed by atoms with Crippen molar-refractivity contribution in [2.75, 3.05) is 18.1 Å². The first-order chi connectivity index (χ1) is 10.9. The van der Waals surface area contributed by atoms with Crippen molar-refractivity contribution in [2.45, 2.75) is 0 Å². The molecule has 0 atom stereocenters. The van der Waals surface area contributed by atoms with Crippen molar-refractivity contribution in [2.24, 2.45) is 0 Å². The first-order valence-corrected chi connectivity index (χ1v) is 9.66. The average Bonchev–Trinajstić information content (AvgIpc) is 2.87. The number of halogens is 1. The lowest BCUT2D eigenvalue weighted by molar-refractivity contribution is 0.415. The van der Waals surface area contributed by atoms with Gasteiger partial charge in [0.15, 0.2) is 0 Å². The van der Waals surface area contributed by atoms with E-state index < -0.39 is 10.0 Å². The lowest BCUT2D eigenvalue weighted by atomic mass is 10.2. The Labute approximate surface area is 142 Å². The van der Waals surface area contributed by atoms with Crippen molar-refractivity contribution in [3.63, 3.8) is 0 Å². The predicted octanol–water partition coefficient (Wildman–Crippen LogP) is 4.00. The molecule has 8 heteroatoms. The number of methoxy groups -OCH3 is 1.